The van der Waals surface area contributed by atoms with E-state index in [0.717, 1.165) is 16.3 Å². The van der Waals surface area contributed by atoms with E-state index in [0.29, 0.717) is 49.5 Å². The zero-order valence-corrected chi connectivity index (χ0v) is 25.2. The van der Waals surface area contributed by atoms with Crippen LogP contribution in [0.2, 0.25) is 5.02 Å². The average molecular weight is 602 g/mol. The molecule has 1 atom stereocenters. The number of ether oxygens (including phenoxy) is 1. The van der Waals surface area contributed by atoms with Crippen molar-refractivity contribution in [2.45, 2.75) is 77.3 Å². The first-order chi connectivity index (χ1) is 18.9. The third kappa shape index (κ3) is 8.28. The van der Waals surface area contributed by atoms with Gasteiger partial charge in [0.05, 0.1) is 6.10 Å². The van der Waals surface area contributed by atoms with Crippen LogP contribution in [0, 0.1) is 12.7 Å². The molecule has 0 heterocycles. The van der Waals surface area contributed by atoms with Crippen molar-refractivity contribution in [1.82, 2.24) is 9.47 Å². The van der Waals surface area contributed by atoms with Gasteiger partial charge in [0.1, 0.15) is 5.82 Å². The van der Waals surface area contributed by atoms with Crippen LogP contribution in [-0.2, 0) is 4.74 Å². The van der Waals surface area contributed by atoms with Gasteiger partial charge in [0, 0.05) is 16.6 Å². The van der Waals surface area contributed by atoms with Crippen molar-refractivity contribution in [2.75, 3.05) is 26.7 Å². The Morgan fingerprint density at radius 1 is 1.15 bits per heavy atom. The predicted molar refractivity (Wildman–Crippen MR) is 151 cm³/mol. The number of alkyl halides is 3. The number of halogens is 5. The lowest BCUT2D eigenvalue weighted by Crippen LogP contribution is -2.54. The summed E-state index contributed by atoms with van der Waals surface area (Å²) < 4.78 is 59.2. The Kier molecular flexibility index (Phi) is 11.6. The van der Waals surface area contributed by atoms with Crippen LogP contribution in [0.25, 0.3) is 0 Å². The van der Waals surface area contributed by atoms with Gasteiger partial charge in [-0.1, -0.05) is 43.6 Å². The molecule has 1 aliphatic carbocycles. The lowest BCUT2D eigenvalue weighted by molar-refractivity contribution is -0.345. The Bertz CT molecular complexity index is 1140. The third-order valence-corrected chi connectivity index (χ3v) is 10.4. The van der Waals surface area contributed by atoms with Gasteiger partial charge in [0.25, 0.3) is 5.59 Å². The second-order valence-electron chi connectivity index (χ2n) is 10.3. The molecule has 0 saturated heterocycles. The molecule has 1 aliphatic rings. The van der Waals surface area contributed by atoms with Gasteiger partial charge in [0.2, 0.25) is 0 Å². The maximum atomic E-state index is 14.9. The Balaban J connectivity index is 1.85. The monoisotopic (exact) mass is 601 g/mol. The lowest BCUT2D eigenvalue weighted by atomic mass is 9.81. The fraction of sp³-hybridized carbons (Fsp3) is 0.552. The number of aryl methyl sites for hydroxylation is 1. The minimum absolute atomic E-state index is 0.0407. The minimum Gasteiger partial charge on any atom is -0.484 e. The molecule has 0 amide bonds. The van der Waals surface area contributed by atoms with E-state index in [1.54, 1.807) is 13.1 Å². The molecular weight excluding hydrogens is 564 g/mol. The van der Waals surface area contributed by atoms with E-state index in [1.807, 2.05) is 43.5 Å². The highest BCUT2D eigenvalue weighted by Gasteiger charge is 2.38. The summed E-state index contributed by atoms with van der Waals surface area (Å²) >= 11 is 6.20. The third-order valence-electron chi connectivity index (χ3n) is 7.85. The average Bonchev–Trinajstić information content (AvgIpc) is 2.88. The van der Waals surface area contributed by atoms with E-state index < -0.39 is 27.0 Å². The molecule has 2 aromatic carbocycles. The SMILES string of the molecule is CCN(CC)[C@@H](CCN(C)[Si](C(=O)O)c1cccc(C)c1C1CCC(OC(F)(F)F)CC1)c1cc(Cl)ccc1F. The molecule has 0 bridgehead atoms. The van der Waals surface area contributed by atoms with E-state index in [9.17, 15) is 27.5 Å². The number of hydrogen-bond acceptors (Lipinski definition) is 4. The number of nitrogens with zero attached hydrogens (tertiary/aromatic N) is 2. The standard InChI is InChI=1S/C29H38ClF4N2O3Si/c1-5-36(6-2)25(23-18-21(30)12-15-24(23)31)16-17-35(4)40(28(37)38)26-9-7-8-19(3)27(26)20-10-13-22(14-11-20)39-29(32,33)34/h7-9,12,15,18,20,22,25H,5-6,10-11,13-14,16-17H2,1-4H3,(H,37,38)/t20?,22?,25-/m0/s1. The van der Waals surface area contributed by atoms with Crippen LogP contribution >= 0.6 is 11.6 Å². The number of rotatable bonds is 12. The maximum Gasteiger partial charge on any atom is 0.522 e. The Labute approximate surface area is 240 Å². The summed E-state index contributed by atoms with van der Waals surface area (Å²) in [6.07, 6.45) is -3.52. The van der Waals surface area contributed by atoms with E-state index in [-0.39, 0.29) is 30.6 Å². The lowest BCUT2D eigenvalue weighted by Gasteiger charge is -2.34. The largest absolute Gasteiger partial charge is 0.522 e. The number of carbonyl (C=O) groups is 1. The molecule has 221 valence electrons. The molecule has 0 aliphatic heterocycles. The van der Waals surface area contributed by atoms with E-state index in [1.165, 1.54) is 12.1 Å². The minimum atomic E-state index is -4.66. The highest BCUT2D eigenvalue weighted by Crippen LogP contribution is 2.37. The predicted octanol–water partition coefficient (Wildman–Crippen LogP) is 7.21. The van der Waals surface area contributed by atoms with Crippen LogP contribution in [-0.4, -0.2) is 68.3 Å². The van der Waals surface area contributed by atoms with Crippen molar-refractivity contribution in [3.63, 3.8) is 0 Å². The molecule has 40 heavy (non-hydrogen) atoms. The van der Waals surface area contributed by atoms with Crippen LogP contribution in [0.15, 0.2) is 36.4 Å². The van der Waals surface area contributed by atoms with Crippen LogP contribution in [0.1, 0.15) is 74.6 Å². The Morgan fingerprint density at radius 2 is 1.80 bits per heavy atom. The first kappa shape index (κ1) is 32.5. The molecule has 1 N–H and O–H groups in total. The van der Waals surface area contributed by atoms with Gasteiger partial charge < -0.3 is 9.67 Å². The maximum absolute atomic E-state index is 14.9. The van der Waals surface area contributed by atoms with Crippen LogP contribution in [0.4, 0.5) is 22.4 Å². The summed E-state index contributed by atoms with van der Waals surface area (Å²) in [5.41, 5.74) is 1.44. The molecule has 1 saturated carbocycles. The quantitative estimate of drug-likeness (QED) is 0.206. The van der Waals surface area contributed by atoms with Gasteiger partial charge in [-0.3, -0.25) is 14.4 Å². The van der Waals surface area contributed by atoms with Gasteiger partial charge in [-0.25, -0.2) is 4.39 Å². The van der Waals surface area contributed by atoms with E-state index in [4.69, 9.17) is 11.6 Å². The van der Waals surface area contributed by atoms with Crippen LogP contribution in [0.5, 0.6) is 0 Å². The summed E-state index contributed by atoms with van der Waals surface area (Å²) in [7, 11) is -0.504. The first-order valence-electron chi connectivity index (χ1n) is 13.7. The summed E-state index contributed by atoms with van der Waals surface area (Å²) in [6.45, 7) is 7.72. The summed E-state index contributed by atoms with van der Waals surface area (Å²) in [5.74, 6) is -0.389. The molecule has 2 aromatic rings. The molecule has 0 spiro atoms. The molecule has 11 heteroatoms. The second-order valence-corrected chi connectivity index (χ2v) is 13.2. The highest BCUT2D eigenvalue weighted by atomic mass is 35.5. The van der Waals surface area contributed by atoms with Crippen LogP contribution < -0.4 is 5.19 Å². The highest BCUT2D eigenvalue weighted by molar-refractivity contribution is 6.96. The number of benzene rings is 2. The van der Waals surface area contributed by atoms with Gasteiger partial charge >= 0.3 is 15.3 Å². The fourth-order valence-corrected chi connectivity index (χ4v) is 8.38. The fourth-order valence-electron chi connectivity index (χ4n) is 5.97. The second kappa shape index (κ2) is 14.3. The van der Waals surface area contributed by atoms with Crippen molar-refractivity contribution in [3.05, 3.63) is 63.9 Å². The topological polar surface area (TPSA) is 53.0 Å². The zero-order valence-electron chi connectivity index (χ0n) is 23.4. The Morgan fingerprint density at radius 3 is 2.38 bits per heavy atom. The summed E-state index contributed by atoms with van der Waals surface area (Å²) in [6, 6.07) is 9.84. The van der Waals surface area contributed by atoms with Crippen LogP contribution in [0.3, 0.4) is 0 Å². The van der Waals surface area contributed by atoms with Crippen molar-refractivity contribution in [2.24, 2.45) is 0 Å². The zero-order chi connectivity index (χ0) is 29.6. The van der Waals surface area contributed by atoms with Gasteiger partial charge in [-0.05, 0) is 106 Å². The molecule has 1 fully saturated rings. The molecule has 5 nitrogen and oxygen atoms in total. The molecular formula is C29H38ClF4N2O3Si. The van der Waals surface area contributed by atoms with Crippen molar-refractivity contribution in [1.29, 1.82) is 0 Å². The number of carboxylic acid groups (broad SMARTS) is 1. The normalized spacial score (nSPS) is 19.0. The molecule has 0 aromatic heterocycles. The molecule has 1 radical (unpaired) electrons. The summed E-state index contributed by atoms with van der Waals surface area (Å²) in [5, 5.41) is 11.6. The summed E-state index contributed by atoms with van der Waals surface area (Å²) in [4.78, 5) is 14.9. The molecule has 3 rings (SSSR count). The Hall–Kier alpha value is -1.98. The van der Waals surface area contributed by atoms with Gasteiger partial charge in [-0.15, -0.1) is 13.2 Å². The van der Waals surface area contributed by atoms with Crippen molar-refractivity contribution in [3.8, 4) is 0 Å². The smallest absolute Gasteiger partial charge is 0.484 e. The van der Waals surface area contributed by atoms with Gasteiger partial charge in [-0.2, -0.15) is 0 Å². The molecule has 0 unspecified atom stereocenters. The first-order valence-corrected chi connectivity index (χ1v) is 15.5. The van der Waals surface area contributed by atoms with E-state index in [2.05, 4.69) is 9.64 Å². The number of hydrogen-bond donors (Lipinski definition) is 1. The van der Waals surface area contributed by atoms with Crippen molar-refractivity contribution >= 4 is 31.3 Å². The van der Waals surface area contributed by atoms with E-state index >= 15 is 0 Å². The van der Waals surface area contributed by atoms with Crippen molar-refractivity contribution < 1.29 is 32.2 Å². The van der Waals surface area contributed by atoms with Gasteiger partial charge in [0.15, 0.2) is 0 Å².